The minimum atomic E-state index is -0.747. The van der Waals surface area contributed by atoms with E-state index in [1.807, 2.05) is 4.90 Å². The van der Waals surface area contributed by atoms with E-state index in [4.69, 9.17) is 23.2 Å². The van der Waals surface area contributed by atoms with E-state index in [-0.39, 0.29) is 18.2 Å². The molecule has 1 aliphatic heterocycles. The van der Waals surface area contributed by atoms with Gasteiger partial charge in [-0.05, 0) is 37.6 Å². The zero-order chi connectivity index (χ0) is 18.7. The van der Waals surface area contributed by atoms with Crippen LogP contribution in [0.15, 0.2) is 18.2 Å². The van der Waals surface area contributed by atoms with Crippen molar-refractivity contribution in [2.24, 2.45) is 0 Å². The minimum absolute atomic E-state index is 0.0746. The first-order valence-electron chi connectivity index (χ1n) is 9.12. The van der Waals surface area contributed by atoms with E-state index in [1.165, 1.54) is 0 Å². The van der Waals surface area contributed by atoms with Crippen LogP contribution in [0.3, 0.4) is 0 Å². The summed E-state index contributed by atoms with van der Waals surface area (Å²) in [5.41, 5.74) is 0.0422. The van der Waals surface area contributed by atoms with Gasteiger partial charge in [-0.15, -0.1) is 0 Å². The van der Waals surface area contributed by atoms with E-state index in [9.17, 15) is 9.59 Å². The summed E-state index contributed by atoms with van der Waals surface area (Å²) in [5.74, 6) is -0.0710. The first-order valence-corrected chi connectivity index (χ1v) is 9.88. The van der Waals surface area contributed by atoms with E-state index >= 15 is 0 Å². The second-order valence-corrected chi connectivity index (χ2v) is 8.17. The molecule has 5 nitrogen and oxygen atoms in total. The number of halogens is 2. The predicted molar refractivity (Wildman–Crippen MR) is 104 cm³/mol. The maximum Gasteiger partial charge on any atom is 0.248 e. The van der Waals surface area contributed by atoms with Crippen molar-refractivity contribution in [3.63, 3.8) is 0 Å². The first-order chi connectivity index (χ1) is 12.4. The number of nitrogens with zero attached hydrogens (tertiary/aromatic N) is 2. The molecule has 2 aliphatic rings. The molecule has 0 aromatic heterocycles. The molecule has 2 amide bonds. The summed E-state index contributed by atoms with van der Waals surface area (Å²) in [4.78, 5) is 29.9. The number of amides is 2. The van der Waals surface area contributed by atoms with Crippen molar-refractivity contribution in [2.45, 2.75) is 37.6 Å². The second kappa shape index (κ2) is 8.15. The Kier molecular flexibility index (Phi) is 6.10. The van der Waals surface area contributed by atoms with Gasteiger partial charge >= 0.3 is 0 Å². The molecule has 1 aromatic rings. The maximum absolute atomic E-state index is 13.2. The number of nitrogens with one attached hydrogen (secondary N) is 1. The third-order valence-corrected chi connectivity index (χ3v) is 6.12. The fraction of sp³-hybridized carbons (Fsp3) is 0.579. The second-order valence-electron chi connectivity index (χ2n) is 7.36. The molecular weight excluding hydrogens is 373 g/mol. The Labute approximate surface area is 164 Å². The Balaban J connectivity index is 1.68. The molecule has 0 bridgehead atoms. The molecule has 1 aliphatic carbocycles. The van der Waals surface area contributed by atoms with Crippen LogP contribution in [-0.4, -0.2) is 60.4 Å². The third kappa shape index (κ3) is 4.33. The van der Waals surface area contributed by atoms with E-state index in [0.29, 0.717) is 22.9 Å². The van der Waals surface area contributed by atoms with Crippen LogP contribution in [0.1, 0.15) is 31.2 Å². The Morgan fingerprint density at radius 1 is 1.08 bits per heavy atom. The van der Waals surface area contributed by atoms with Crippen LogP contribution in [0.25, 0.3) is 0 Å². The Bertz CT molecular complexity index is 681. The molecule has 3 rings (SSSR count). The predicted octanol–water partition coefficient (Wildman–Crippen LogP) is 2.74. The van der Waals surface area contributed by atoms with Gasteiger partial charge in [0.25, 0.3) is 0 Å². The molecule has 7 heteroatoms. The summed E-state index contributed by atoms with van der Waals surface area (Å²) in [7, 11) is 2.06. The lowest BCUT2D eigenvalue weighted by Crippen LogP contribution is -2.61. The Hall–Kier alpha value is -1.30. The van der Waals surface area contributed by atoms with Crippen molar-refractivity contribution >= 4 is 35.0 Å². The van der Waals surface area contributed by atoms with Gasteiger partial charge in [0.1, 0.15) is 5.54 Å². The molecule has 1 aromatic carbocycles. The molecule has 0 spiro atoms. The average molecular weight is 398 g/mol. The van der Waals surface area contributed by atoms with Crippen LogP contribution in [0, 0.1) is 0 Å². The summed E-state index contributed by atoms with van der Waals surface area (Å²) >= 11 is 12.0. The quantitative estimate of drug-likeness (QED) is 0.849. The van der Waals surface area contributed by atoms with Crippen molar-refractivity contribution in [3.8, 4) is 0 Å². The van der Waals surface area contributed by atoms with Crippen molar-refractivity contribution in [1.82, 2.24) is 15.1 Å². The van der Waals surface area contributed by atoms with Gasteiger partial charge in [-0.1, -0.05) is 42.1 Å². The Morgan fingerprint density at radius 2 is 1.73 bits per heavy atom. The molecule has 142 valence electrons. The molecular formula is C19H25Cl2N3O2. The number of likely N-dealkylation sites (N-methyl/N-ethyl adjacent to an activating group) is 1. The summed E-state index contributed by atoms with van der Waals surface area (Å²) in [5, 5.41) is 3.96. The van der Waals surface area contributed by atoms with Crippen molar-refractivity contribution in [3.05, 3.63) is 33.8 Å². The molecule has 1 N–H and O–H groups in total. The lowest BCUT2D eigenvalue weighted by atomic mass is 9.94. The highest BCUT2D eigenvalue weighted by atomic mass is 35.5. The summed E-state index contributed by atoms with van der Waals surface area (Å²) in [6.45, 7) is 3.19. The van der Waals surface area contributed by atoms with E-state index in [2.05, 4.69) is 17.3 Å². The number of hydrogen-bond donors (Lipinski definition) is 1. The van der Waals surface area contributed by atoms with Crippen LogP contribution in [0.2, 0.25) is 10.0 Å². The number of carbonyl (C=O) groups is 2. The molecule has 1 saturated carbocycles. The third-order valence-electron chi connectivity index (χ3n) is 5.38. The molecule has 0 unspecified atom stereocenters. The molecule has 0 atom stereocenters. The highest BCUT2D eigenvalue weighted by Crippen LogP contribution is 2.32. The zero-order valence-electron chi connectivity index (χ0n) is 15.1. The molecule has 26 heavy (non-hydrogen) atoms. The van der Waals surface area contributed by atoms with Gasteiger partial charge in [-0.3, -0.25) is 9.59 Å². The normalized spacial score (nSPS) is 20.2. The molecule has 2 fully saturated rings. The summed E-state index contributed by atoms with van der Waals surface area (Å²) < 4.78 is 0. The van der Waals surface area contributed by atoms with Crippen LogP contribution in [0.4, 0.5) is 0 Å². The fourth-order valence-corrected chi connectivity index (χ4v) is 4.15. The maximum atomic E-state index is 13.2. The monoisotopic (exact) mass is 397 g/mol. The number of benzene rings is 1. The van der Waals surface area contributed by atoms with E-state index < -0.39 is 5.54 Å². The van der Waals surface area contributed by atoms with Crippen LogP contribution in [-0.2, 0) is 16.0 Å². The number of carbonyl (C=O) groups excluding carboxylic acids is 2. The van der Waals surface area contributed by atoms with Gasteiger partial charge in [0.2, 0.25) is 11.8 Å². The highest BCUT2D eigenvalue weighted by Gasteiger charge is 2.45. The highest BCUT2D eigenvalue weighted by molar-refractivity contribution is 6.42. The zero-order valence-corrected chi connectivity index (χ0v) is 16.6. The lowest BCUT2D eigenvalue weighted by Gasteiger charge is -2.39. The lowest BCUT2D eigenvalue weighted by molar-refractivity contribution is -0.143. The smallest absolute Gasteiger partial charge is 0.248 e. The number of hydrogen-bond acceptors (Lipinski definition) is 3. The van der Waals surface area contributed by atoms with Crippen molar-refractivity contribution in [1.29, 1.82) is 0 Å². The molecule has 1 saturated heterocycles. The van der Waals surface area contributed by atoms with Gasteiger partial charge in [-0.2, -0.15) is 0 Å². The van der Waals surface area contributed by atoms with E-state index in [0.717, 1.165) is 44.6 Å². The van der Waals surface area contributed by atoms with Crippen LogP contribution < -0.4 is 5.32 Å². The fourth-order valence-electron chi connectivity index (χ4n) is 3.83. The largest absolute Gasteiger partial charge is 0.341 e. The number of rotatable bonds is 4. The first kappa shape index (κ1) is 19.5. The van der Waals surface area contributed by atoms with Crippen molar-refractivity contribution < 1.29 is 9.59 Å². The summed E-state index contributed by atoms with van der Waals surface area (Å²) in [6, 6.07) is 5.18. The van der Waals surface area contributed by atoms with Crippen molar-refractivity contribution in [2.75, 3.05) is 33.2 Å². The SMILES string of the molecule is CN1CCN(C(=O)C2(NC(=O)Cc3ccc(Cl)c(Cl)c3)CCCC2)CC1. The Morgan fingerprint density at radius 3 is 2.35 bits per heavy atom. The van der Waals surface area contributed by atoms with Gasteiger partial charge in [-0.25, -0.2) is 0 Å². The van der Waals surface area contributed by atoms with Crippen LogP contribution in [0.5, 0.6) is 0 Å². The standard InChI is InChI=1S/C19H25Cl2N3O2/c1-23-8-10-24(11-9-23)18(26)19(6-2-3-7-19)22-17(25)13-14-4-5-15(20)16(21)12-14/h4-5,12H,2-3,6-11,13H2,1H3,(H,22,25). The van der Waals surface area contributed by atoms with Gasteiger partial charge in [0.15, 0.2) is 0 Å². The topological polar surface area (TPSA) is 52.6 Å². The average Bonchev–Trinajstić information content (AvgIpc) is 3.08. The minimum Gasteiger partial charge on any atom is -0.341 e. The van der Waals surface area contributed by atoms with Gasteiger partial charge in [0.05, 0.1) is 16.5 Å². The number of piperazine rings is 1. The van der Waals surface area contributed by atoms with Crippen LogP contribution >= 0.6 is 23.2 Å². The van der Waals surface area contributed by atoms with Gasteiger partial charge in [0, 0.05) is 26.2 Å². The summed E-state index contributed by atoms with van der Waals surface area (Å²) in [6.07, 6.45) is 3.55. The molecule has 1 heterocycles. The molecule has 0 radical (unpaired) electrons. The van der Waals surface area contributed by atoms with E-state index in [1.54, 1.807) is 18.2 Å². The van der Waals surface area contributed by atoms with Gasteiger partial charge < -0.3 is 15.1 Å².